The van der Waals surface area contributed by atoms with Crippen LogP contribution in [-0.4, -0.2) is 65.7 Å². The summed E-state index contributed by atoms with van der Waals surface area (Å²) in [6.07, 6.45) is 5.57. The minimum Gasteiger partial charge on any atom is -0.376 e. The van der Waals surface area contributed by atoms with E-state index in [1.807, 2.05) is 35.2 Å². The van der Waals surface area contributed by atoms with Crippen molar-refractivity contribution in [1.29, 1.82) is 0 Å². The number of hydrogen-bond donors (Lipinski definition) is 0. The van der Waals surface area contributed by atoms with Gasteiger partial charge in [0.05, 0.1) is 6.10 Å². The largest absolute Gasteiger partial charge is 0.376 e. The normalized spacial score (nSPS) is 19.1. The maximum Gasteiger partial charge on any atom is 0.276 e. The van der Waals surface area contributed by atoms with Gasteiger partial charge in [-0.3, -0.25) is 9.59 Å². The summed E-state index contributed by atoms with van der Waals surface area (Å²) >= 11 is 0. The molecule has 1 aromatic carbocycles. The van der Waals surface area contributed by atoms with Crippen molar-refractivity contribution in [2.24, 2.45) is 0 Å². The number of nitrogens with zero attached hydrogens (tertiary/aromatic N) is 3. The van der Waals surface area contributed by atoms with Gasteiger partial charge < -0.3 is 19.1 Å². The van der Waals surface area contributed by atoms with Gasteiger partial charge in [0.1, 0.15) is 0 Å². The standard InChI is InChI=1S/C23H29N3O4/c27-22(25-12-5-2-6-13-25)11-14-26(17-19-10-7-15-29-19)23(28)20-16-21(30-24-20)18-8-3-1-4-9-18/h1,3-4,8-9,16,19H,2,5-7,10-15,17H2/t19-/m1/s1. The number of aromatic nitrogens is 1. The Morgan fingerprint density at radius 2 is 1.90 bits per heavy atom. The maximum absolute atomic E-state index is 13.2. The molecular weight excluding hydrogens is 382 g/mol. The van der Waals surface area contributed by atoms with Crippen LogP contribution in [-0.2, 0) is 9.53 Å². The van der Waals surface area contributed by atoms with Crippen LogP contribution in [0.3, 0.4) is 0 Å². The molecule has 0 radical (unpaired) electrons. The lowest BCUT2D eigenvalue weighted by atomic mass is 10.1. The second kappa shape index (κ2) is 9.89. The van der Waals surface area contributed by atoms with Crippen LogP contribution < -0.4 is 0 Å². The summed E-state index contributed by atoms with van der Waals surface area (Å²) in [6, 6.07) is 11.2. The van der Waals surface area contributed by atoms with Crippen molar-refractivity contribution in [1.82, 2.24) is 15.0 Å². The van der Waals surface area contributed by atoms with Gasteiger partial charge in [-0.25, -0.2) is 0 Å². The number of hydrogen-bond acceptors (Lipinski definition) is 5. The number of piperidine rings is 1. The monoisotopic (exact) mass is 411 g/mol. The van der Waals surface area contributed by atoms with E-state index in [0.29, 0.717) is 25.3 Å². The topological polar surface area (TPSA) is 75.9 Å². The van der Waals surface area contributed by atoms with Gasteiger partial charge in [0.15, 0.2) is 11.5 Å². The third-order valence-corrected chi connectivity index (χ3v) is 5.83. The van der Waals surface area contributed by atoms with E-state index in [9.17, 15) is 9.59 Å². The van der Waals surface area contributed by atoms with Gasteiger partial charge in [-0.05, 0) is 32.1 Å². The Labute approximate surface area is 177 Å². The molecule has 160 valence electrons. The van der Waals surface area contributed by atoms with Crippen LogP contribution >= 0.6 is 0 Å². The summed E-state index contributed by atoms with van der Waals surface area (Å²) in [5.74, 6) is 0.452. The predicted octanol–water partition coefficient (Wildman–Crippen LogP) is 3.37. The summed E-state index contributed by atoms with van der Waals surface area (Å²) in [7, 11) is 0. The Hall–Kier alpha value is -2.67. The van der Waals surface area contributed by atoms with E-state index in [0.717, 1.165) is 50.9 Å². The Balaban J connectivity index is 1.43. The van der Waals surface area contributed by atoms with Crippen LogP contribution in [0, 0.1) is 0 Å². The summed E-state index contributed by atoms with van der Waals surface area (Å²) in [4.78, 5) is 29.4. The van der Waals surface area contributed by atoms with Crippen molar-refractivity contribution in [3.63, 3.8) is 0 Å². The molecule has 2 aliphatic rings. The molecule has 30 heavy (non-hydrogen) atoms. The van der Waals surface area contributed by atoms with E-state index in [2.05, 4.69) is 5.16 Å². The average Bonchev–Trinajstić information content (AvgIpc) is 3.49. The summed E-state index contributed by atoms with van der Waals surface area (Å²) < 4.78 is 11.1. The number of carbonyl (C=O) groups is 2. The second-order valence-electron chi connectivity index (χ2n) is 8.02. The predicted molar refractivity (Wildman–Crippen MR) is 112 cm³/mol. The molecule has 2 amide bonds. The van der Waals surface area contributed by atoms with Crippen LogP contribution in [0.2, 0.25) is 0 Å². The number of benzene rings is 1. The quantitative estimate of drug-likeness (QED) is 0.698. The molecule has 0 saturated carbocycles. The van der Waals surface area contributed by atoms with Crippen molar-refractivity contribution < 1.29 is 18.8 Å². The second-order valence-corrected chi connectivity index (χ2v) is 8.02. The zero-order valence-electron chi connectivity index (χ0n) is 17.3. The fourth-order valence-corrected chi connectivity index (χ4v) is 4.12. The Morgan fingerprint density at radius 3 is 2.63 bits per heavy atom. The van der Waals surface area contributed by atoms with E-state index in [4.69, 9.17) is 9.26 Å². The van der Waals surface area contributed by atoms with E-state index in [-0.39, 0.29) is 23.6 Å². The van der Waals surface area contributed by atoms with E-state index >= 15 is 0 Å². The Morgan fingerprint density at radius 1 is 1.10 bits per heavy atom. The lowest BCUT2D eigenvalue weighted by molar-refractivity contribution is -0.132. The molecule has 0 spiro atoms. The number of rotatable bonds is 7. The first-order valence-electron chi connectivity index (χ1n) is 10.9. The lowest BCUT2D eigenvalue weighted by Gasteiger charge is -2.29. The highest BCUT2D eigenvalue weighted by molar-refractivity contribution is 5.93. The van der Waals surface area contributed by atoms with Crippen molar-refractivity contribution in [2.75, 3.05) is 32.8 Å². The number of carbonyl (C=O) groups excluding carboxylic acids is 2. The van der Waals surface area contributed by atoms with Crippen LogP contribution in [0.5, 0.6) is 0 Å². The minimum atomic E-state index is -0.220. The van der Waals surface area contributed by atoms with Gasteiger partial charge in [0.25, 0.3) is 5.91 Å². The fraction of sp³-hybridized carbons (Fsp3) is 0.522. The van der Waals surface area contributed by atoms with E-state index in [1.54, 1.807) is 11.0 Å². The van der Waals surface area contributed by atoms with Crippen molar-refractivity contribution in [3.8, 4) is 11.3 Å². The van der Waals surface area contributed by atoms with Gasteiger partial charge in [0, 0.05) is 50.8 Å². The molecule has 0 unspecified atom stereocenters. The molecule has 0 bridgehead atoms. The molecule has 7 nitrogen and oxygen atoms in total. The molecule has 1 atom stereocenters. The van der Waals surface area contributed by atoms with Crippen LogP contribution in [0.4, 0.5) is 0 Å². The fourth-order valence-electron chi connectivity index (χ4n) is 4.12. The highest BCUT2D eigenvalue weighted by atomic mass is 16.5. The zero-order valence-corrected chi connectivity index (χ0v) is 17.3. The third-order valence-electron chi connectivity index (χ3n) is 5.83. The smallest absolute Gasteiger partial charge is 0.276 e. The van der Waals surface area contributed by atoms with Gasteiger partial charge >= 0.3 is 0 Å². The lowest BCUT2D eigenvalue weighted by Crippen LogP contribution is -2.42. The van der Waals surface area contributed by atoms with Gasteiger partial charge in [-0.15, -0.1) is 0 Å². The summed E-state index contributed by atoms with van der Waals surface area (Å²) in [5, 5.41) is 4.00. The first-order valence-corrected chi connectivity index (χ1v) is 10.9. The highest BCUT2D eigenvalue weighted by Gasteiger charge is 2.27. The molecule has 3 heterocycles. The van der Waals surface area contributed by atoms with Crippen LogP contribution in [0.25, 0.3) is 11.3 Å². The van der Waals surface area contributed by atoms with Gasteiger partial charge in [-0.1, -0.05) is 35.5 Å². The van der Waals surface area contributed by atoms with Crippen LogP contribution in [0.15, 0.2) is 40.9 Å². The number of ether oxygens (including phenoxy) is 1. The Bertz CT molecular complexity index is 839. The summed E-state index contributed by atoms with van der Waals surface area (Å²) in [6.45, 7) is 3.20. The molecule has 0 aliphatic carbocycles. The SMILES string of the molecule is O=C(CCN(C[C@H]1CCCO1)C(=O)c1cc(-c2ccccc2)on1)N1CCCCC1. The molecule has 1 aromatic heterocycles. The molecule has 0 N–H and O–H groups in total. The number of amides is 2. The first-order chi connectivity index (χ1) is 14.7. The van der Waals surface area contributed by atoms with E-state index < -0.39 is 0 Å². The molecule has 4 rings (SSSR count). The van der Waals surface area contributed by atoms with Crippen molar-refractivity contribution >= 4 is 11.8 Å². The van der Waals surface area contributed by atoms with Crippen molar-refractivity contribution in [2.45, 2.75) is 44.6 Å². The third kappa shape index (κ3) is 5.08. The highest BCUT2D eigenvalue weighted by Crippen LogP contribution is 2.22. The van der Waals surface area contributed by atoms with E-state index in [1.165, 1.54) is 6.42 Å². The molecule has 2 saturated heterocycles. The Kier molecular flexibility index (Phi) is 6.79. The van der Waals surface area contributed by atoms with Gasteiger partial charge in [-0.2, -0.15) is 0 Å². The molecule has 2 fully saturated rings. The number of likely N-dealkylation sites (tertiary alicyclic amines) is 1. The molecule has 7 heteroatoms. The van der Waals surface area contributed by atoms with Crippen LogP contribution in [0.1, 0.15) is 49.0 Å². The van der Waals surface area contributed by atoms with Gasteiger partial charge in [0.2, 0.25) is 5.91 Å². The minimum absolute atomic E-state index is 0.0135. The first kappa shape index (κ1) is 20.6. The molecular formula is C23H29N3O4. The summed E-state index contributed by atoms with van der Waals surface area (Å²) in [5.41, 5.74) is 1.13. The molecule has 2 aliphatic heterocycles. The zero-order chi connectivity index (χ0) is 20.8. The van der Waals surface area contributed by atoms with Crippen molar-refractivity contribution in [3.05, 3.63) is 42.1 Å². The maximum atomic E-state index is 13.2. The average molecular weight is 412 g/mol. The molecule has 2 aromatic rings.